The first-order valence-corrected chi connectivity index (χ1v) is 8.77. The van der Waals surface area contributed by atoms with Crippen molar-refractivity contribution in [2.75, 3.05) is 18.5 Å². The average Bonchev–Trinajstić information content (AvgIpc) is 3.02. The largest absolute Gasteiger partial charge is 0.327 e. The summed E-state index contributed by atoms with van der Waals surface area (Å²) in [5.74, 6) is -0.219. The maximum atomic E-state index is 13.3. The molecule has 4 rings (SSSR count). The molecule has 0 aliphatic carbocycles. The number of hydrogen-bond acceptors (Lipinski definition) is 4. The number of amides is 3. The molecule has 8 heteroatoms. The van der Waals surface area contributed by atoms with Gasteiger partial charge in [-0.3, -0.25) is 19.8 Å². The van der Waals surface area contributed by atoms with Crippen molar-refractivity contribution < 1.29 is 14.5 Å². The van der Waals surface area contributed by atoms with Gasteiger partial charge in [0, 0.05) is 24.9 Å². The number of benzene rings is 2. The second kappa shape index (κ2) is 6.49. The van der Waals surface area contributed by atoms with E-state index in [4.69, 9.17) is 0 Å². The normalized spacial score (nSPS) is 19.0. The van der Waals surface area contributed by atoms with Gasteiger partial charge in [0.25, 0.3) is 11.6 Å². The molecule has 2 heterocycles. The van der Waals surface area contributed by atoms with Gasteiger partial charge in [-0.1, -0.05) is 24.3 Å². The summed E-state index contributed by atoms with van der Waals surface area (Å²) in [6.07, 6.45) is 0. The Morgan fingerprint density at radius 1 is 1.14 bits per heavy atom. The minimum absolute atomic E-state index is 0.0891. The van der Waals surface area contributed by atoms with Crippen molar-refractivity contribution in [3.05, 3.63) is 81.0 Å². The van der Waals surface area contributed by atoms with Crippen molar-refractivity contribution >= 4 is 23.3 Å². The predicted molar refractivity (Wildman–Crippen MR) is 103 cm³/mol. The average molecular weight is 378 g/mol. The van der Waals surface area contributed by atoms with Crippen molar-refractivity contribution in [1.29, 1.82) is 0 Å². The predicted octanol–water partition coefficient (Wildman–Crippen LogP) is 2.90. The summed E-state index contributed by atoms with van der Waals surface area (Å²) in [4.78, 5) is 39.4. The molecule has 2 aliphatic rings. The van der Waals surface area contributed by atoms with Crippen LogP contribution >= 0.6 is 0 Å². The van der Waals surface area contributed by atoms with E-state index in [-0.39, 0.29) is 24.2 Å². The molecule has 28 heavy (non-hydrogen) atoms. The van der Waals surface area contributed by atoms with Gasteiger partial charge in [0.2, 0.25) is 0 Å². The van der Waals surface area contributed by atoms with Gasteiger partial charge in [0.15, 0.2) is 0 Å². The number of carbonyl (C=O) groups is 2. The van der Waals surface area contributed by atoms with E-state index in [1.165, 1.54) is 17.0 Å². The van der Waals surface area contributed by atoms with E-state index in [1.54, 1.807) is 24.1 Å². The standard InChI is InChI=1S/C20H18N4O4/c1-12-5-3-7-14(9-12)23-11-16-17(19(23)25)18(21-20(26)22(16)2)13-6-4-8-15(10-13)24(27)28/h3-10,18H,11H2,1-2H3,(H,21,26)/t18-/m1/s1. The summed E-state index contributed by atoms with van der Waals surface area (Å²) < 4.78 is 0. The molecule has 1 atom stereocenters. The molecule has 2 aromatic rings. The number of carbonyl (C=O) groups excluding carboxylic acids is 2. The summed E-state index contributed by atoms with van der Waals surface area (Å²) in [6.45, 7) is 2.22. The van der Waals surface area contributed by atoms with Gasteiger partial charge in [0.1, 0.15) is 0 Å². The Morgan fingerprint density at radius 2 is 1.89 bits per heavy atom. The number of aryl methyl sites for hydroxylation is 1. The highest BCUT2D eigenvalue weighted by atomic mass is 16.6. The molecule has 0 saturated carbocycles. The van der Waals surface area contributed by atoms with Crippen LogP contribution in [0.3, 0.4) is 0 Å². The number of rotatable bonds is 3. The molecule has 142 valence electrons. The lowest BCUT2D eigenvalue weighted by atomic mass is 9.95. The Bertz CT molecular complexity index is 1050. The van der Waals surface area contributed by atoms with Crippen LogP contribution in [0.15, 0.2) is 59.8 Å². The third kappa shape index (κ3) is 2.79. The monoisotopic (exact) mass is 378 g/mol. The molecule has 0 aromatic heterocycles. The number of nitro benzene ring substituents is 1. The van der Waals surface area contributed by atoms with Gasteiger partial charge in [-0.05, 0) is 30.2 Å². The van der Waals surface area contributed by atoms with Gasteiger partial charge < -0.3 is 10.2 Å². The molecule has 2 aliphatic heterocycles. The molecule has 3 amide bonds. The number of nitrogens with zero attached hydrogens (tertiary/aromatic N) is 3. The summed E-state index contributed by atoms with van der Waals surface area (Å²) in [5, 5.41) is 13.9. The summed E-state index contributed by atoms with van der Waals surface area (Å²) in [7, 11) is 1.61. The Hall–Kier alpha value is -3.68. The van der Waals surface area contributed by atoms with Crippen molar-refractivity contribution in [2.45, 2.75) is 13.0 Å². The fraction of sp³-hybridized carbons (Fsp3) is 0.200. The third-order valence-corrected chi connectivity index (χ3v) is 5.09. The van der Waals surface area contributed by atoms with E-state index in [0.29, 0.717) is 16.8 Å². The quantitative estimate of drug-likeness (QED) is 0.656. The second-order valence-electron chi connectivity index (χ2n) is 6.88. The van der Waals surface area contributed by atoms with Crippen LogP contribution in [0.25, 0.3) is 0 Å². The van der Waals surface area contributed by atoms with Crippen LogP contribution in [0.5, 0.6) is 0 Å². The molecule has 1 N–H and O–H groups in total. The van der Waals surface area contributed by atoms with Crippen LogP contribution in [-0.2, 0) is 4.79 Å². The summed E-state index contributed by atoms with van der Waals surface area (Å²) >= 11 is 0. The first-order chi connectivity index (χ1) is 13.4. The first-order valence-electron chi connectivity index (χ1n) is 8.77. The number of nitro groups is 1. The van der Waals surface area contributed by atoms with Crippen LogP contribution in [0.4, 0.5) is 16.2 Å². The van der Waals surface area contributed by atoms with Gasteiger partial charge in [-0.25, -0.2) is 4.79 Å². The van der Waals surface area contributed by atoms with Crippen LogP contribution < -0.4 is 10.2 Å². The highest BCUT2D eigenvalue weighted by Crippen LogP contribution is 2.38. The molecular weight excluding hydrogens is 360 g/mol. The summed E-state index contributed by atoms with van der Waals surface area (Å²) in [5.41, 5.74) is 3.22. The molecule has 0 bridgehead atoms. The third-order valence-electron chi connectivity index (χ3n) is 5.09. The van der Waals surface area contributed by atoms with E-state index < -0.39 is 11.0 Å². The van der Waals surface area contributed by atoms with Gasteiger partial charge in [-0.15, -0.1) is 0 Å². The number of likely N-dealkylation sites (N-methyl/N-ethyl adjacent to an activating group) is 1. The van der Waals surface area contributed by atoms with Crippen molar-refractivity contribution in [3.63, 3.8) is 0 Å². The lowest BCUT2D eigenvalue weighted by molar-refractivity contribution is -0.384. The van der Waals surface area contributed by atoms with E-state index in [9.17, 15) is 19.7 Å². The number of nitrogens with one attached hydrogen (secondary N) is 1. The first kappa shape index (κ1) is 17.7. The zero-order valence-electron chi connectivity index (χ0n) is 15.4. The van der Waals surface area contributed by atoms with Crippen molar-refractivity contribution in [3.8, 4) is 0 Å². The Balaban J connectivity index is 1.78. The molecule has 0 saturated heterocycles. The Kier molecular flexibility index (Phi) is 4.11. The SMILES string of the molecule is Cc1cccc(N2CC3=C(C2=O)[C@@H](c2cccc([N+](=O)[O-])c2)NC(=O)N3C)c1. The molecule has 8 nitrogen and oxygen atoms in total. The minimum atomic E-state index is -0.735. The highest BCUT2D eigenvalue weighted by Gasteiger charge is 2.43. The fourth-order valence-corrected chi connectivity index (χ4v) is 3.64. The fourth-order valence-electron chi connectivity index (χ4n) is 3.64. The van der Waals surface area contributed by atoms with E-state index >= 15 is 0 Å². The Morgan fingerprint density at radius 3 is 2.61 bits per heavy atom. The lowest BCUT2D eigenvalue weighted by Crippen LogP contribution is -2.45. The molecule has 0 unspecified atom stereocenters. The van der Waals surface area contributed by atoms with Crippen LogP contribution in [0.2, 0.25) is 0 Å². The topological polar surface area (TPSA) is 95.8 Å². The Labute approximate surface area is 161 Å². The summed E-state index contributed by atoms with van der Waals surface area (Å²) in [6, 6.07) is 12.5. The van der Waals surface area contributed by atoms with E-state index in [2.05, 4.69) is 5.32 Å². The number of hydrogen-bond donors (Lipinski definition) is 1. The molecule has 0 fully saturated rings. The maximum absolute atomic E-state index is 13.3. The van der Waals surface area contributed by atoms with E-state index in [0.717, 1.165) is 11.3 Å². The number of non-ortho nitro benzene ring substituents is 1. The van der Waals surface area contributed by atoms with Gasteiger partial charge >= 0.3 is 6.03 Å². The molecule has 0 radical (unpaired) electrons. The van der Waals surface area contributed by atoms with E-state index in [1.807, 2.05) is 31.2 Å². The van der Waals surface area contributed by atoms with Gasteiger partial charge in [-0.2, -0.15) is 0 Å². The molecule has 2 aromatic carbocycles. The highest BCUT2D eigenvalue weighted by molar-refractivity contribution is 6.11. The molecular formula is C20H18N4O4. The molecule has 0 spiro atoms. The number of urea groups is 1. The second-order valence-corrected chi connectivity index (χ2v) is 6.88. The maximum Gasteiger partial charge on any atom is 0.322 e. The zero-order valence-corrected chi connectivity index (χ0v) is 15.4. The van der Waals surface area contributed by atoms with Crippen LogP contribution in [-0.4, -0.2) is 35.4 Å². The zero-order chi connectivity index (χ0) is 20.0. The number of anilines is 1. The lowest BCUT2D eigenvalue weighted by Gasteiger charge is -2.30. The smallest absolute Gasteiger partial charge is 0.322 e. The minimum Gasteiger partial charge on any atom is -0.327 e. The van der Waals surface area contributed by atoms with Crippen molar-refractivity contribution in [1.82, 2.24) is 10.2 Å². The van der Waals surface area contributed by atoms with Crippen molar-refractivity contribution in [2.24, 2.45) is 0 Å². The van der Waals surface area contributed by atoms with Crippen LogP contribution in [0, 0.1) is 17.0 Å². The van der Waals surface area contributed by atoms with Crippen LogP contribution in [0.1, 0.15) is 17.2 Å². The van der Waals surface area contributed by atoms with Gasteiger partial charge in [0.05, 0.1) is 28.8 Å².